The first-order valence-corrected chi connectivity index (χ1v) is 14.8. The number of rotatable bonds is 4. The second-order valence-corrected chi connectivity index (χ2v) is 11.3. The van der Waals surface area contributed by atoms with Crippen LogP contribution in [0.15, 0.2) is 158 Å². The Bertz CT molecular complexity index is 2240. The fourth-order valence-electron chi connectivity index (χ4n) is 6.52. The number of fused-ring (bicyclic) bond motifs is 3. The van der Waals surface area contributed by atoms with Crippen LogP contribution in [0.1, 0.15) is 5.56 Å². The summed E-state index contributed by atoms with van der Waals surface area (Å²) in [6.45, 7) is 2.08. The second-order valence-electron chi connectivity index (χ2n) is 11.3. The highest BCUT2D eigenvalue weighted by Gasteiger charge is 2.17. The monoisotopic (exact) mass is 547 g/mol. The number of benzene rings is 7. The summed E-state index contributed by atoms with van der Waals surface area (Å²) in [6, 6.07) is 53.1. The van der Waals surface area contributed by atoms with Crippen LogP contribution in [-0.2, 0) is 0 Å². The van der Waals surface area contributed by atoms with Gasteiger partial charge in [-0.15, -0.1) is 0 Å². The van der Waals surface area contributed by atoms with Crippen LogP contribution < -0.4 is 0 Å². The highest BCUT2D eigenvalue weighted by atomic mass is 14.6. The normalized spacial score (nSPS) is 11.4. The SMILES string of the molecule is Cc1cncc(-c2cccc(-c3ccc(-c4c5ccccc5c(-c5ccc6ccccc6c5)c5ccccc45)cc3)c2)c1. The highest BCUT2D eigenvalue weighted by Crippen LogP contribution is 2.44. The molecule has 0 saturated heterocycles. The van der Waals surface area contributed by atoms with Crippen molar-refractivity contribution in [3.05, 3.63) is 164 Å². The number of hydrogen-bond acceptors (Lipinski definition) is 1. The van der Waals surface area contributed by atoms with Gasteiger partial charge in [-0.1, -0.05) is 127 Å². The van der Waals surface area contributed by atoms with Gasteiger partial charge in [0, 0.05) is 18.0 Å². The zero-order valence-electron chi connectivity index (χ0n) is 24.0. The van der Waals surface area contributed by atoms with Crippen molar-refractivity contribution in [2.45, 2.75) is 6.92 Å². The van der Waals surface area contributed by atoms with Crippen molar-refractivity contribution in [2.24, 2.45) is 0 Å². The van der Waals surface area contributed by atoms with Crippen LogP contribution >= 0.6 is 0 Å². The predicted octanol–water partition coefficient (Wildman–Crippen LogP) is 11.5. The van der Waals surface area contributed by atoms with E-state index in [0.717, 1.165) is 5.56 Å². The van der Waals surface area contributed by atoms with E-state index >= 15 is 0 Å². The molecule has 0 N–H and O–H groups in total. The van der Waals surface area contributed by atoms with Gasteiger partial charge in [0.15, 0.2) is 0 Å². The third kappa shape index (κ3) is 4.47. The van der Waals surface area contributed by atoms with Gasteiger partial charge in [0.2, 0.25) is 0 Å². The molecule has 8 rings (SSSR count). The molecule has 0 amide bonds. The standard InChI is InChI=1S/C42H29N/c1-28-23-36(27-43-26-28)34-12-8-11-33(24-34)30-17-20-31(21-18-30)41-37-13-4-6-15-39(37)42(40-16-7-5-14-38(40)41)35-22-19-29-9-2-3-10-32(29)25-35/h2-27H,1H3. The Morgan fingerprint density at radius 3 is 1.53 bits per heavy atom. The predicted molar refractivity (Wildman–Crippen MR) is 183 cm³/mol. The molecule has 7 aromatic carbocycles. The van der Waals surface area contributed by atoms with E-state index < -0.39 is 0 Å². The van der Waals surface area contributed by atoms with E-state index in [9.17, 15) is 0 Å². The van der Waals surface area contributed by atoms with Crippen LogP contribution in [0.4, 0.5) is 0 Å². The maximum Gasteiger partial charge on any atom is 0.0346 e. The van der Waals surface area contributed by atoms with Crippen molar-refractivity contribution in [3.63, 3.8) is 0 Å². The summed E-state index contributed by atoms with van der Waals surface area (Å²) in [5, 5.41) is 7.61. The van der Waals surface area contributed by atoms with Crippen LogP contribution in [0, 0.1) is 6.92 Å². The van der Waals surface area contributed by atoms with Crippen LogP contribution in [0.2, 0.25) is 0 Å². The average Bonchev–Trinajstić information content (AvgIpc) is 3.07. The molecule has 1 heterocycles. The zero-order chi connectivity index (χ0) is 28.8. The molecule has 8 aromatic rings. The molecule has 0 fully saturated rings. The minimum atomic E-state index is 1.14. The smallest absolute Gasteiger partial charge is 0.0346 e. The Labute approximate surface area is 251 Å². The third-order valence-electron chi connectivity index (χ3n) is 8.55. The van der Waals surface area contributed by atoms with Gasteiger partial charge in [-0.25, -0.2) is 0 Å². The topological polar surface area (TPSA) is 12.9 Å². The molecule has 0 aliphatic heterocycles. The Morgan fingerprint density at radius 2 is 0.884 bits per heavy atom. The van der Waals surface area contributed by atoms with E-state index in [2.05, 4.69) is 158 Å². The second kappa shape index (κ2) is 10.4. The number of hydrogen-bond donors (Lipinski definition) is 0. The van der Waals surface area contributed by atoms with Crippen molar-refractivity contribution < 1.29 is 0 Å². The van der Waals surface area contributed by atoms with E-state index in [4.69, 9.17) is 0 Å². The summed E-state index contributed by atoms with van der Waals surface area (Å²) >= 11 is 0. The van der Waals surface area contributed by atoms with Crippen LogP contribution in [0.3, 0.4) is 0 Å². The van der Waals surface area contributed by atoms with Gasteiger partial charge in [-0.3, -0.25) is 4.98 Å². The fourth-order valence-corrected chi connectivity index (χ4v) is 6.52. The first-order valence-electron chi connectivity index (χ1n) is 14.8. The molecule has 0 aliphatic carbocycles. The molecule has 0 saturated carbocycles. The first-order chi connectivity index (χ1) is 21.2. The van der Waals surface area contributed by atoms with Gasteiger partial charge < -0.3 is 0 Å². The van der Waals surface area contributed by atoms with Crippen molar-refractivity contribution >= 4 is 32.3 Å². The molecule has 0 aliphatic rings. The maximum absolute atomic E-state index is 4.40. The van der Waals surface area contributed by atoms with Crippen molar-refractivity contribution in [3.8, 4) is 44.5 Å². The third-order valence-corrected chi connectivity index (χ3v) is 8.55. The van der Waals surface area contributed by atoms with Crippen molar-refractivity contribution in [2.75, 3.05) is 0 Å². The van der Waals surface area contributed by atoms with Gasteiger partial charge >= 0.3 is 0 Å². The molecule has 1 heteroatoms. The highest BCUT2D eigenvalue weighted by molar-refractivity contribution is 6.21. The summed E-state index contributed by atoms with van der Waals surface area (Å²) in [7, 11) is 0. The first kappa shape index (κ1) is 25.2. The van der Waals surface area contributed by atoms with E-state index in [0.29, 0.717) is 0 Å². The Hall–Kier alpha value is -5.53. The van der Waals surface area contributed by atoms with Crippen LogP contribution in [-0.4, -0.2) is 4.98 Å². The number of pyridine rings is 1. The van der Waals surface area contributed by atoms with E-state index in [1.165, 1.54) is 76.8 Å². The molecule has 1 aromatic heterocycles. The molecular formula is C42H29N. The Balaban J connectivity index is 1.28. The lowest BCUT2D eigenvalue weighted by Gasteiger charge is -2.18. The number of nitrogens with zero attached hydrogens (tertiary/aromatic N) is 1. The van der Waals surface area contributed by atoms with Crippen LogP contribution in [0.5, 0.6) is 0 Å². The summed E-state index contributed by atoms with van der Waals surface area (Å²) in [6.07, 6.45) is 3.83. The quantitative estimate of drug-likeness (QED) is 0.200. The van der Waals surface area contributed by atoms with Gasteiger partial charge in [-0.05, 0) is 102 Å². The Kier molecular flexibility index (Phi) is 6.09. The number of aryl methyl sites for hydroxylation is 1. The lowest BCUT2D eigenvalue weighted by molar-refractivity contribution is 1.27. The van der Waals surface area contributed by atoms with Gasteiger partial charge in [-0.2, -0.15) is 0 Å². The molecule has 0 bridgehead atoms. The van der Waals surface area contributed by atoms with E-state index in [-0.39, 0.29) is 0 Å². The van der Waals surface area contributed by atoms with Gasteiger partial charge in [0.1, 0.15) is 0 Å². The molecule has 202 valence electrons. The lowest BCUT2D eigenvalue weighted by atomic mass is 9.85. The van der Waals surface area contributed by atoms with Crippen molar-refractivity contribution in [1.82, 2.24) is 4.98 Å². The molecule has 43 heavy (non-hydrogen) atoms. The maximum atomic E-state index is 4.40. The largest absolute Gasteiger partial charge is 0.264 e. The zero-order valence-corrected chi connectivity index (χ0v) is 24.0. The lowest BCUT2D eigenvalue weighted by Crippen LogP contribution is -1.91. The molecule has 0 spiro atoms. The summed E-state index contributed by atoms with van der Waals surface area (Å²) in [5.41, 5.74) is 10.9. The molecule has 0 radical (unpaired) electrons. The van der Waals surface area contributed by atoms with Gasteiger partial charge in [0.25, 0.3) is 0 Å². The molecule has 0 unspecified atom stereocenters. The van der Waals surface area contributed by atoms with Gasteiger partial charge in [0.05, 0.1) is 0 Å². The summed E-state index contributed by atoms with van der Waals surface area (Å²) in [4.78, 5) is 4.40. The molecule has 0 atom stereocenters. The molecule has 1 nitrogen and oxygen atoms in total. The summed E-state index contributed by atoms with van der Waals surface area (Å²) in [5.74, 6) is 0. The fraction of sp³-hybridized carbons (Fsp3) is 0.0238. The number of aromatic nitrogens is 1. The Morgan fingerprint density at radius 1 is 0.349 bits per heavy atom. The summed E-state index contributed by atoms with van der Waals surface area (Å²) < 4.78 is 0. The van der Waals surface area contributed by atoms with E-state index in [1.807, 2.05) is 12.4 Å². The minimum absolute atomic E-state index is 1.14. The molecular weight excluding hydrogens is 518 g/mol. The van der Waals surface area contributed by atoms with Crippen molar-refractivity contribution in [1.29, 1.82) is 0 Å². The van der Waals surface area contributed by atoms with E-state index in [1.54, 1.807) is 0 Å². The minimum Gasteiger partial charge on any atom is -0.264 e. The van der Waals surface area contributed by atoms with Crippen LogP contribution in [0.25, 0.3) is 76.8 Å². The average molecular weight is 548 g/mol.